The van der Waals surface area contributed by atoms with Crippen LogP contribution in [0.2, 0.25) is 0 Å². The third-order valence-corrected chi connectivity index (χ3v) is 3.35. The first-order valence-corrected chi connectivity index (χ1v) is 6.49. The number of halogens is 4. The zero-order valence-electron chi connectivity index (χ0n) is 10.2. The van der Waals surface area contributed by atoms with Gasteiger partial charge < -0.3 is 10.7 Å². The fraction of sp³-hybridized carbons (Fsp3) is 0.0833. The van der Waals surface area contributed by atoms with Crippen LogP contribution in [0.4, 0.5) is 19.0 Å². The zero-order chi connectivity index (χ0) is 15.2. The Balaban J connectivity index is 2.25. The quantitative estimate of drug-likeness (QED) is 0.699. The van der Waals surface area contributed by atoms with Crippen LogP contribution in [0.1, 0.15) is 5.56 Å². The molecule has 3 N–H and O–H groups in total. The van der Waals surface area contributed by atoms with Crippen molar-refractivity contribution in [1.29, 1.82) is 0 Å². The minimum absolute atomic E-state index is 0.0389. The number of rotatable bonds is 1. The Morgan fingerprint density at radius 2 is 1.95 bits per heavy atom. The van der Waals surface area contributed by atoms with E-state index >= 15 is 0 Å². The van der Waals surface area contributed by atoms with Gasteiger partial charge in [-0.25, -0.2) is 15.0 Å². The standard InChI is InChI=1S/C12H7BrF3N5/c13-5-1-2-6(7(3-5)12(14,15)16)10-20-8-9(17)18-4-19-11(8)21-10/h1-4H,(H3,17,18,19,20,21). The van der Waals surface area contributed by atoms with Gasteiger partial charge in [-0.1, -0.05) is 15.9 Å². The van der Waals surface area contributed by atoms with Crippen molar-refractivity contribution in [2.45, 2.75) is 6.18 Å². The van der Waals surface area contributed by atoms with Gasteiger partial charge in [-0.3, -0.25) is 0 Å². The van der Waals surface area contributed by atoms with E-state index in [2.05, 4.69) is 35.9 Å². The minimum Gasteiger partial charge on any atom is -0.382 e. The molecule has 0 saturated heterocycles. The molecular weight excluding hydrogens is 351 g/mol. The minimum atomic E-state index is -4.50. The molecule has 0 fully saturated rings. The number of H-pyrrole nitrogens is 1. The Labute approximate surface area is 124 Å². The number of fused-ring (bicyclic) bond motifs is 1. The van der Waals surface area contributed by atoms with E-state index in [1.165, 1.54) is 18.5 Å². The lowest BCUT2D eigenvalue weighted by atomic mass is 10.1. The molecule has 0 aliphatic rings. The fourth-order valence-corrected chi connectivity index (χ4v) is 2.29. The summed E-state index contributed by atoms with van der Waals surface area (Å²) in [5, 5.41) is 0. The Kier molecular flexibility index (Phi) is 3.08. The largest absolute Gasteiger partial charge is 0.417 e. The van der Waals surface area contributed by atoms with Crippen molar-refractivity contribution in [3.63, 3.8) is 0 Å². The summed E-state index contributed by atoms with van der Waals surface area (Å²) in [6.45, 7) is 0. The first-order valence-electron chi connectivity index (χ1n) is 5.69. The number of nitrogens with one attached hydrogen (secondary N) is 1. The summed E-state index contributed by atoms with van der Waals surface area (Å²) in [6.07, 6.45) is -3.30. The van der Waals surface area contributed by atoms with Gasteiger partial charge in [-0.2, -0.15) is 13.2 Å². The third-order valence-electron chi connectivity index (χ3n) is 2.86. The van der Waals surface area contributed by atoms with E-state index in [4.69, 9.17) is 5.73 Å². The van der Waals surface area contributed by atoms with E-state index in [9.17, 15) is 13.2 Å². The first-order chi connectivity index (χ1) is 9.86. The number of aromatic nitrogens is 4. The van der Waals surface area contributed by atoms with Crippen LogP contribution in [-0.2, 0) is 6.18 Å². The molecule has 1 aromatic carbocycles. The smallest absolute Gasteiger partial charge is 0.382 e. The number of nitrogens with two attached hydrogens (primary N) is 1. The summed E-state index contributed by atoms with van der Waals surface area (Å²) in [4.78, 5) is 14.4. The molecule has 0 atom stereocenters. The van der Waals surface area contributed by atoms with E-state index in [-0.39, 0.29) is 22.9 Å². The predicted molar refractivity (Wildman–Crippen MR) is 74.2 cm³/mol. The molecule has 0 aliphatic carbocycles. The summed E-state index contributed by atoms with van der Waals surface area (Å²) in [6, 6.07) is 3.83. The molecule has 3 rings (SSSR count). The first kappa shape index (κ1) is 13.8. The number of imidazole rings is 1. The molecule has 108 valence electrons. The molecule has 21 heavy (non-hydrogen) atoms. The summed E-state index contributed by atoms with van der Waals surface area (Å²) < 4.78 is 39.7. The van der Waals surface area contributed by atoms with E-state index in [0.717, 1.165) is 6.07 Å². The number of anilines is 1. The highest BCUT2D eigenvalue weighted by atomic mass is 79.9. The average molecular weight is 358 g/mol. The van der Waals surface area contributed by atoms with Crippen molar-refractivity contribution in [1.82, 2.24) is 19.9 Å². The van der Waals surface area contributed by atoms with E-state index in [0.29, 0.717) is 9.99 Å². The van der Waals surface area contributed by atoms with E-state index in [1.807, 2.05) is 0 Å². The Hall–Kier alpha value is -2.16. The van der Waals surface area contributed by atoms with Crippen LogP contribution in [0.25, 0.3) is 22.6 Å². The second-order valence-electron chi connectivity index (χ2n) is 4.23. The summed E-state index contributed by atoms with van der Waals surface area (Å²) >= 11 is 3.03. The van der Waals surface area contributed by atoms with Gasteiger partial charge in [0.05, 0.1) is 5.56 Å². The second kappa shape index (κ2) is 4.69. The van der Waals surface area contributed by atoms with Gasteiger partial charge in [0, 0.05) is 10.0 Å². The topological polar surface area (TPSA) is 80.5 Å². The normalized spacial score (nSPS) is 12.0. The molecule has 2 heterocycles. The highest BCUT2D eigenvalue weighted by Gasteiger charge is 2.34. The predicted octanol–water partition coefficient (Wildman–Crippen LogP) is 3.38. The van der Waals surface area contributed by atoms with Gasteiger partial charge in [-0.15, -0.1) is 0 Å². The number of aromatic amines is 1. The fourth-order valence-electron chi connectivity index (χ4n) is 1.93. The highest BCUT2D eigenvalue weighted by Crippen LogP contribution is 2.38. The van der Waals surface area contributed by atoms with Crippen molar-refractivity contribution < 1.29 is 13.2 Å². The molecule has 5 nitrogen and oxygen atoms in total. The average Bonchev–Trinajstić information content (AvgIpc) is 2.83. The molecule has 0 spiro atoms. The molecule has 0 aliphatic heterocycles. The summed E-state index contributed by atoms with van der Waals surface area (Å²) in [7, 11) is 0. The van der Waals surface area contributed by atoms with Crippen molar-refractivity contribution in [3.05, 3.63) is 34.6 Å². The van der Waals surface area contributed by atoms with Crippen LogP contribution < -0.4 is 5.73 Å². The Morgan fingerprint density at radius 3 is 2.62 bits per heavy atom. The SMILES string of the molecule is Nc1ncnc2nc(-c3ccc(Br)cc3C(F)(F)F)[nH]c12. The van der Waals surface area contributed by atoms with Gasteiger partial charge in [-0.05, 0) is 18.2 Å². The maximum Gasteiger partial charge on any atom is 0.417 e. The van der Waals surface area contributed by atoms with E-state index < -0.39 is 11.7 Å². The molecule has 9 heteroatoms. The highest BCUT2D eigenvalue weighted by molar-refractivity contribution is 9.10. The number of nitrogen functional groups attached to an aromatic ring is 1. The number of nitrogens with zero attached hydrogens (tertiary/aromatic N) is 3. The summed E-state index contributed by atoms with van der Waals surface area (Å²) in [5.41, 5.74) is 5.28. The number of hydrogen-bond donors (Lipinski definition) is 2. The molecule has 3 aromatic rings. The molecule has 0 unspecified atom stereocenters. The van der Waals surface area contributed by atoms with Gasteiger partial charge >= 0.3 is 6.18 Å². The Morgan fingerprint density at radius 1 is 1.19 bits per heavy atom. The van der Waals surface area contributed by atoms with Gasteiger partial charge in [0.1, 0.15) is 17.7 Å². The Bertz CT molecular complexity index is 827. The lowest BCUT2D eigenvalue weighted by molar-refractivity contribution is -0.137. The van der Waals surface area contributed by atoms with Crippen LogP contribution in [0.3, 0.4) is 0 Å². The zero-order valence-corrected chi connectivity index (χ0v) is 11.8. The van der Waals surface area contributed by atoms with Gasteiger partial charge in [0.2, 0.25) is 0 Å². The van der Waals surface area contributed by atoms with Crippen LogP contribution in [-0.4, -0.2) is 19.9 Å². The van der Waals surface area contributed by atoms with Crippen molar-refractivity contribution in [2.75, 3.05) is 5.73 Å². The number of alkyl halides is 3. The van der Waals surface area contributed by atoms with E-state index in [1.54, 1.807) is 0 Å². The van der Waals surface area contributed by atoms with Crippen molar-refractivity contribution in [2.24, 2.45) is 0 Å². The van der Waals surface area contributed by atoms with Gasteiger partial charge in [0.25, 0.3) is 0 Å². The maximum absolute atomic E-state index is 13.1. The van der Waals surface area contributed by atoms with Crippen LogP contribution >= 0.6 is 15.9 Å². The summed E-state index contributed by atoms with van der Waals surface area (Å²) in [5.74, 6) is 0.168. The maximum atomic E-state index is 13.1. The molecule has 0 saturated carbocycles. The molecule has 0 amide bonds. The van der Waals surface area contributed by atoms with Crippen LogP contribution in [0.15, 0.2) is 29.0 Å². The molecule has 0 bridgehead atoms. The molecular formula is C12H7BrF3N5. The van der Waals surface area contributed by atoms with Crippen molar-refractivity contribution in [3.8, 4) is 11.4 Å². The lowest BCUT2D eigenvalue weighted by Crippen LogP contribution is -2.07. The van der Waals surface area contributed by atoms with Crippen LogP contribution in [0, 0.1) is 0 Å². The van der Waals surface area contributed by atoms with Crippen LogP contribution in [0.5, 0.6) is 0 Å². The number of benzene rings is 1. The third kappa shape index (κ3) is 2.44. The molecule has 2 aromatic heterocycles. The second-order valence-corrected chi connectivity index (χ2v) is 5.15. The molecule has 0 radical (unpaired) electrons. The lowest BCUT2D eigenvalue weighted by Gasteiger charge is -2.11. The number of hydrogen-bond acceptors (Lipinski definition) is 4. The monoisotopic (exact) mass is 357 g/mol. The van der Waals surface area contributed by atoms with Gasteiger partial charge in [0.15, 0.2) is 11.5 Å². The van der Waals surface area contributed by atoms with Crippen molar-refractivity contribution >= 4 is 32.9 Å².